The van der Waals surface area contributed by atoms with Crippen LogP contribution in [0, 0.1) is 5.92 Å². The summed E-state index contributed by atoms with van der Waals surface area (Å²) in [6.45, 7) is 5.77. The summed E-state index contributed by atoms with van der Waals surface area (Å²) in [5.74, 6) is -0.582. The highest BCUT2D eigenvalue weighted by Crippen LogP contribution is 2.30. The number of nitrogens with zero attached hydrogens (tertiary/aromatic N) is 2. The SMILES string of the molecule is CC(C)CNC(=O)C(C)N(CCc1ccccc1)C(=O)CN(c1cc(Cl)ccc1Cl)S(C)(=O)=O. The van der Waals surface area contributed by atoms with E-state index >= 15 is 0 Å². The van der Waals surface area contributed by atoms with Crippen LogP contribution < -0.4 is 9.62 Å². The molecule has 0 saturated carbocycles. The molecule has 0 aliphatic heterocycles. The first-order chi connectivity index (χ1) is 15.9. The van der Waals surface area contributed by atoms with E-state index in [-0.39, 0.29) is 34.1 Å². The Balaban J connectivity index is 2.33. The maximum atomic E-state index is 13.4. The van der Waals surface area contributed by atoms with E-state index < -0.39 is 28.5 Å². The van der Waals surface area contributed by atoms with Gasteiger partial charge in [-0.05, 0) is 43.0 Å². The van der Waals surface area contributed by atoms with E-state index in [9.17, 15) is 18.0 Å². The molecule has 2 amide bonds. The van der Waals surface area contributed by atoms with E-state index in [1.807, 2.05) is 44.2 Å². The molecule has 10 heteroatoms. The molecule has 2 aromatic carbocycles. The summed E-state index contributed by atoms with van der Waals surface area (Å²) >= 11 is 12.3. The van der Waals surface area contributed by atoms with Crippen LogP contribution in [0.4, 0.5) is 5.69 Å². The average Bonchev–Trinajstić information content (AvgIpc) is 2.77. The molecule has 0 radical (unpaired) electrons. The molecule has 34 heavy (non-hydrogen) atoms. The van der Waals surface area contributed by atoms with Crippen molar-refractivity contribution in [1.82, 2.24) is 10.2 Å². The fourth-order valence-electron chi connectivity index (χ4n) is 3.29. The highest BCUT2D eigenvalue weighted by Gasteiger charge is 2.30. The van der Waals surface area contributed by atoms with Gasteiger partial charge in [-0.2, -0.15) is 0 Å². The second kappa shape index (κ2) is 12.4. The number of hydrogen-bond donors (Lipinski definition) is 1. The third kappa shape index (κ3) is 8.18. The van der Waals surface area contributed by atoms with E-state index in [0.717, 1.165) is 16.1 Å². The number of hydrogen-bond acceptors (Lipinski definition) is 4. The molecule has 186 valence electrons. The number of anilines is 1. The minimum Gasteiger partial charge on any atom is -0.354 e. The van der Waals surface area contributed by atoms with Crippen molar-refractivity contribution in [3.63, 3.8) is 0 Å². The lowest BCUT2D eigenvalue weighted by molar-refractivity contribution is -0.138. The number of amides is 2. The smallest absolute Gasteiger partial charge is 0.244 e. The summed E-state index contributed by atoms with van der Waals surface area (Å²) in [4.78, 5) is 27.6. The molecule has 2 rings (SSSR count). The Morgan fingerprint density at radius 2 is 1.68 bits per heavy atom. The van der Waals surface area contributed by atoms with Gasteiger partial charge < -0.3 is 10.2 Å². The number of halogens is 2. The molecular formula is C24H31Cl2N3O4S. The molecular weight excluding hydrogens is 497 g/mol. The summed E-state index contributed by atoms with van der Waals surface area (Å²) in [6, 6.07) is 13.1. The largest absolute Gasteiger partial charge is 0.354 e. The van der Waals surface area contributed by atoms with E-state index in [4.69, 9.17) is 23.2 Å². The fourth-order valence-corrected chi connectivity index (χ4v) is 4.58. The summed E-state index contributed by atoms with van der Waals surface area (Å²) in [7, 11) is -3.88. The van der Waals surface area contributed by atoms with Gasteiger partial charge in [0.1, 0.15) is 12.6 Å². The molecule has 1 unspecified atom stereocenters. The molecule has 2 aromatic rings. The third-order valence-corrected chi connectivity index (χ3v) is 6.87. The van der Waals surface area contributed by atoms with Gasteiger partial charge in [0, 0.05) is 18.1 Å². The van der Waals surface area contributed by atoms with Gasteiger partial charge >= 0.3 is 0 Å². The number of rotatable bonds is 11. The normalized spacial score (nSPS) is 12.3. The topological polar surface area (TPSA) is 86.8 Å². The van der Waals surface area contributed by atoms with Crippen LogP contribution in [0.5, 0.6) is 0 Å². The Labute approximate surface area is 212 Å². The minimum atomic E-state index is -3.88. The van der Waals surface area contributed by atoms with Crippen LogP contribution in [0.2, 0.25) is 10.0 Å². The minimum absolute atomic E-state index is 0.102. The summed E-state index contributed by atoms with van der Waals surface area (Å²) < 4.78 is 26.1. The molecule has 0 heterocycles. The summed E-state index contributed by atoms with van der Waals surface area (Å²) in [5, 5.41) is 3.26. The highest BCUT2D eigenvalue weighted by atomic mass is 35.5. The molecule has 0 bridgehead atoms. The van der Waals surface area contributed by atoms with Gasteiger partial charge in [0.25, 0.3) is 0 Å². The van der Waals surface area contributed by atoms with E-state index in [1.165, 1.54) is 23.1 Å². The molecule has 0 spiro atoms. The monoisotopic (exact) mass is 527 g/mol. The lowest BCUT2D eigenvalue weighted by Gasteiger charge is -2.32. The van der Waals surface area contributed by atoms with Crippen LogP contribution in [-0.2, 0) is 26.0 Å². The zero-order chi connectivity index (χ0) is 25.5. The van der Waals surface area contributed by atoms with E-state index in [1.54, 1.807) is 6.92 Å². The van der Waals surface area contributed by atoms with Gasteiger partial charge in [0.05, 0.1) is 17.0 Å². The van der Waals surface area contributed by atoms with Gasteiger partial charge in [0.2, 0.25) is 21.8 Å². The maximum Gasteiger partial charge on any atom is 0.244 e. The molecule has 0 fully saturated rings. The molecule has 7 nitrogen and oxygen atoms in total. The van der Waals surface area contributed by atoms with Crippen molar-refractivity contribution in [3.05, 3.63) is 64.1 Å². The van der Waals surface area contributed by atoms with Crippen LogP contribution in [-0.4, -0.2) is 57.1 Å². The van der Waals surface area contributed by atoms with Crippen LogP contribution in [0.25, 0.3) is 0 Å². The van der Waals surface area contributed by atoms with Gasteiger partial charge in [-0.15, -0.1) is 0 Å². The first-order valence-electron chi connectivity index (χ1n) is 10.9. The molecule has 1 atom stereocenters. The number of benzene rings is 2. The predicted octanol–water partition coefficient (Wildman–Crippen LogP) is 3.99. The van der Waals surface area contributed by atoms with Crippen molar-refractivity contribution >= 4 is 50.7 Å². The first kappa shape index (κ1) is 28.0. The van der Waals surface area contributed by atoms with E-state index in [2.05, 4.69) is 5.32 Å². The van der Waals surface area contributed by atoms with Crippen molar-refractivity contribution in [2.45, 2.75) is 33.2 Å². The Bertz CT molecular complexity index is 1090. The predicted molar refractivity (Wildman–Crippen MR) is 138 cm³/mol. The van der Waals surface area contributed by atoms with Crippen LogP contribution in [0.1, 0.15) is 26.3 Å². The van der Waals surface area contributed by atoms with E-state index in [0.29, 0.717) is 13.0 Å². The maximum absolute atomic E-state index is 13.4. The second-order valence-corrected chi connectivity index (χ2v) is 11.3. The molecule has 0 aliphatic rings. The van der Waals surface area contributed by atoms with Gasteiger partial charge in [-0.25, -0.2) is 8.42 Å². The molecule has 1 N–H and O–H groups in total. The lowest BCUT2D eigenvalue weighted by atomic mass is 10.1. The third-order valence-electron chi connectivity index (χ3n) is 5.19. The van der Waals surface area contributed by atoms with Crippen LogP contribution in [0.15, 0.2) is 48.5 Å². The van der Waals surface area contributed by atoms with Crippen LogP contribution >= 0.6 is 23.2 Å². The quantitative estimate of drug-likeness (QED) is 0.478. The average molecular weight is 529 g/mol. The molecule has 0 saturated heterocycles. The second-order valence-electron chi connectivity index (χ2n) is 8.50. The number of sulfonamides is 1. The Morgan fingerprint density at radius 1 is 1.03 bits per heavy atom. The van der Waals surface area contributed by atoms with Gasteiger partial charge in [0.15, 0.2) is 0 Å². The van der Waals surface area contributed by atoms with Gasteiger partial charge in [-0.3, -0.25) is 13.9 Å². The zero-order valence-electron chi connectivity index (χ0n) is 19.8. The number of carbonyl (C=O) groups excluding carboxylic acids is 2. The Hall–Kier alpha value is -2.29. The van der Waals surface area contributed by atoms with Crippen molar-refractivity contribution in [2.24, 2.45) is 5.92 Å². The van der Waals surface area contributed by atoms with Gasteiger partial charge in [-0.1, -0.05) is 67.4 Å². The summed E-state index contributed by atoms with van der Waals surface area (Å²) in [6.07, 6.45) is 1.50. The Morgan fingerprint density at radius 3 is 2.26 bits per heavy atom. The lowest BCUT2D eigenvalue weighted by Crippen LogP contribution is -2.52. The van der Waals surface area contributed by atoms with Crippen LogP contribution in [0.3, 0.4) is 0 Å². The Kier molecular flexibility index (Phi) is 10.2. The summed E-state index contributed by atoms with van der Waals surface area (Å²) in [5.41, 5.74) is 1.10. The van der Waals surface area contributed by atoms with Crippen molar-refractivity contribution in [2.75, 3.05) is 30.2 Å². The van der Waals surface area contributed by atoms with Crippen molar-refractivity contribution in [3.8, 4) is 0 Å². The number of nitrogens with one attached hydrogen (secondary N) is 1. The fraction of sp³-hybridized carbons (Fsp3) is 0.417. The first-order valence-corrected chi connectivity index (χ1v) is 13.5. The number of carbonyl (C=O) groups is 2. The molecule has 0 aromatic heterocycles. The van der Waals surface area contributed by atoms with Crippen molar-refractivity contribution < 1.29 is 18.0 Å². The van der Waals surface area contributed by atoms with Crippen molar-refractivity contribution in [1.29, 1.82) is 0 Å². The zero-order valence-corrected chi connectivity index (χ0v) is 22.1. The highest BCUT2D eigenvalue weighted by molar-refractivity contribution is 7.92. The standard InChI is InChI=1S/C24H31Cl2N3O4S/c1-17(2)15-27-24(31)18(3)28(13-12-19-8-6-5-7-9-19)23(30)16-29(34(4,32)33)22-14-20(25)10-11-21(22)26/h5-11,14,17-18H,12-13,15-16H2,1-4H3,(H,27,31). The molecule has 0 aliphatic carbocycles.